The third kappa shape index (κ3) is 7.14. The Bertz CT molecular complexity index is 676. The first-order valence-electron chi connectivity index (χ1n) is 10.1. The van der Waals surface area contributed by atoms with Crippen molar-refractivity contribution in [3.05, 3.63) is 35.9 Å². The average Bonchev–Trinajstić information content (AvgIpc) is 3.27. The van der Waals surface area contributed by atoms with Crippen LogP contribution in [0, 0.1) is 5.92 Å². The number of nitrogens with one attached hydrogen (secondary N) is 2. The zero-order valence-electron chi connectivity index (χ0n) is 16.8. The lowest BCUT2D eigenvalue weighted by Crippen LogP contribution is -2.50. The summed E-state index contributed by atoms with van der Waals surface area (Å²) in [6.45, 7) is 0.903. The molecule has 1 fully saturated rings. The average molecular weight is 405 g/mol. The number of hydrogen-bond acceptors (Lipinski definition) is 5. The fourth-order valence-corrected chi connectivity index (χ4v) is 3.39. The molecule has 0 saturated heterocycles. The van der Waals surface area contributed by atoms with E-state index in [2.05, 4.69) is 10.6 Å². The van der Waals surface area contributed by atoms with Gasteiger partial charge in [-0.05, 0) is 24.8 Å². The van der Waals surface area contributed by atoms with Crippen molar-refractivity contribution in [3.8, 4) is 0 Å². The number of nitrogens with zero attached hydrogens (tertiary/aromatic N) is 1. The van der Waals surface area contributed by atoms with Gasteiger partial charge in [0.15, 0.2) is 12.2 Å². The first-order valence-corrected chi connectivity index (χ1v) is 10.1. The zero-order valence-corrected chi connectivity index (χ0v) is 16.8. The maximum atomic E-state index is 12.3. The van der Waals surface area contributed by atoms with Crippen LogP contribution in [0.4, 0.5) is 0 Å². The van der Waals surface area contributed by atoms with Crippen LogP contribution in [0.3, 0.4) is 0 Å². The van der Waals surface area contributed by atoms with Crippen LogP contribution in [-0.2, 0) is 20.9 Å². The Morgan fingerprint density at radius 3 is 2.31 bits per heavy atom. The maximum absolute atomic E-state index is 12.3. The van der Waals surface area contributed by atoms with E-state index in [0.29, 0.717) is 13.0 Å². The SMILES string of the molecule is CN(Cc1ccccc1)C(=O)C(O)[C@@H](O)C(=O)NCCCNC(=O)C1CCCC1. The van der Waals surface area contributed by atoms with Crippen molar-refractivity contribution in [2.75, 3.05) is 20.1 Å². The van der Waals surface area contributed by atoms with Crippen LogP contribution in [0.5, 0.6) is 0 Å². The second kappa shape index (κ2) is 11.5. The number of hydrogen-bond donors (Lipinski definition) is 4. The number of carbonyl (C=O) groups is 3. The number of rotatable bonds is 10. The van der Waals surface area contributed by atoms with Gasteiger partial charge in [-0.1, -0.05) is 43.2 Å². The molecule has 0 radical (unpaired) electrons. The van der Waals surface area contributed by atoms with Gasteiger partial charge in [-0.25, -0.2) is 0 Å². The van der Waals surface area contributed by atoms with E-state index in [0.717, 1.165) is 31.2 Å². The minimum absolute atomic E-state index is 0.0522. The molecule has 8 nitrogen and oxygen atoms in total. The van der Waals surface area contributed by atoms with Crippen LogP contribution < -0.4 is 10.6 Å². The lowest BCUT2D eigenvalue weighted by molar-refractivity contribution is -0.152. The number of likely N-dealkylation sites (N-methyl/N-ethyl adjacent to an activating group) is 1. The number of benzene rings is 1. The van der Waals surface area contributed by atoms with Crippen molar-refractivity contribution < 1.29 is 24.6 Å². The highest BCUT2D eigenvalue weighted by molar-refractivity contribution is 5.90. The van der Waals surface area contributed by atoms with E-state index in [1.165, 1.54) is 11.9 Å². The first-order chi connectivity index (χ1) is 13.9. The third-order valence-electron chi connectivity index (χ3n) is 5.14. The molecule has 3 amide bonds. The number of aliphatic hydroxyl groups excluding tert-OH is 2. The van der Waals surface area contributed by atoms with Crippen molar-refractivity contribution in [3.63, 3.8) is 0 Å². The molecule has 1 aromatic rings. The smallest absolute Gasteiger partial charge is 0.254 e. The van der Waals surface area contributed by atoms with Gasteiger partial charge in [-0.3, -0.25) is 14.4 Å². The van der Waals surface area contributed by atoms with E-state index >= 15 is 0 Å². The van der Waals surface area contributed by atoms with Crippen molar-refractivity contribution in [2.24, 2.45) is 5.92 Å². The molecule has 0 bridgehead atoms. The van der Waals surface area contributed by atoms with Crippen molar-refractivity contribution >= 4 is 17.7 Å². The van der Waals surface area contributed by atoms with Gasteiger partial charge in [0, 0.05) is 32.6 Å². The van der Waals surface area contributed by atoms with Crippen LogP contribution in [0.1, 0.15) is 37.7 Å². The van der Waals surface area contributed by atoms with Gasteiger partial charge in [0.25, 0.3) is 11.8 Å². The van der Waals surface area contributed by atoms with Crippen LogP contribution >= 0.6 is 0 Å². The van der Waals surface area contributed by atoms with E-state index < -0.39 is 24.0 Å². The standard InChI is InChI=1S/C21H31N3O5/c1-24(14-15-8-3-2-4-9-15)21(29)18(26)17(25)20(28)23-13-7-12-22-19(27)16-10-5-6-11-16/h2-4,8-9,16-18,25-26H,5-7,10-14H2,1H3,(H,22,27)(H,23,28)/t17-,18?/m1/s1. The fourth-order valence-electron chi connectivity index (χ4n) is 3.39. The molecule has 160 valence electrons. The predicted molar refractivity (Wildman–Crippen MR) is 108 cm³/mol. The minimum atomic E-state index is -1.85. The molecule has 1 aromatic carbocycles. The Morgan fingerprint density at radius 1 is 1.03 bits per heavy atom. The molecular weight excluding hydrogens is 374 g/mol. The molecule has 1 aliphatic carbocycles. The quantitative estimate of drug-likeness (QED) is 0.414. The Kier molecular flexibility index (Phi) is 9.08. The molecule has 1 unspecified atom stereocenters. The van der Waals surface area contributed by atoms with E-state index in [1.54, 1.807) is 0 Å². The molecule has 1 aliphatic rings. The summed E-state index contributed by atoms with van der Waals surface area (Å²) in [4.78, 5) is 37.4. The Balaban J connectivity index is 1.66. The van der Waals surface area contributed by atoms with Gasteiger partial charge in [-0.2, -0.15) is 0 Å². The normalized spacial score (nSPS) is 16.1. The summed E-state index contributed by atoms with van der Waals surface area (Å²) in [5, 5.41) is 25.3. The Morgan fingerprint density at radius 2 is 1.66 bits per heavy atom. The summed E-state index contributed by atoms with van der Waals surface area (Å²) < 4.78 is 0. The zero-order chi connectivity index (χ0) is 21.2. The van der Waals surface area contributed by atoms with E-state index in [9.17, 15) is 24.6 Å². The Hall–Kier alpha value is -2.45. The number of aliphatic hydroxyl groups is 2. The van der Waals surface area contributed by atoms with Gasteiger partial charge < -0.3 is 25.7 Å². The molecule has 1 saturated carbocycles. The van der Waals surface area contributed by atoms with Crippen LogP contribution in [0.2, 0.25) is 0 Å². The molecule has 0 spiro atoms. The topological polar surface area (TPSA) is 119 Å². The molecule has 4 N–H and O–H groups in total. The second-order valence-electron chi connectivity index (χ2n) is 7.49. The molecule has 2 rings (SSSR count). The van der Waals surface area contributed by atoms with E-state index in [1.807, 2.05) is 30.3 Å². The molecule has 0 heterocycles. The van der Waals surface area contributed by atoms with Crippen LogP contribution in [0.15, 0.2) is 30.3 Å². The summed E-state index contributed by atoms with van der Waals surface area (Å²) in [6, 6.07) is 9.20. The highest BCUT2D eigenvalue weighted by Crippen LogP contribution is 2.24. The molecule has 29 heavy (non-hydrogen) atoms. The lowest BCUT2D eigenvalue weighted by Gasteiger charge is -2.23. The predicted octanol–water partition coefficient (Wildman–Crippen LogP) is 0.180. The van der Waals surface area contributed by atoms with E-state index in [-0.39, 0.29) is 24.9 Å². The molecule has 2 atom stereocenters. The van der Waals surface area contributed by atoms with Crippen molar-refractivity contribution in [1.82, 2.24) is 15.5 Å². The van der Waals surface area contributed by atoms with Gasteiger partial charge in [0.05, 0.1) is 0 Å². The summed E-state index contributed by atoms with van der Waals surface area (Å²) in [6.07, 6.45) is 0.842. The summed E-state index contributed by atoms with van der Waals surface area (Å²) in [5.41, 5.74) is 0.870. The van der Waals surface area contributed by atoms with Gasteiger partial charge >= 0.3 is 0 Å². The number of carbonyl (C=O) groups excluding carboxylic acids is 3. The molecule has 0 aromatic heterocycles. The molecule has 8 heteroatoms. The fraction of sp³-hybridized carbons (Fsp3) is 0.571. The second-order valence-corrected chi connectivity index (χ2v) is 7.49. The third-order valence-corrected chi connectivity index (χ3v) is 5.14. The molecular formula is C21H31N3O5. The highest BCUT2D eigenvalue weighted by atomic mass is 16.3. The van der Waals surface area contributed by atoms with Crippen LogP contribution in [0.25, 0.3) is 0 Å². The summed E-state index contributed by atoms with van der Waals surface area (Å²) in [5.74, 6) is -1.40. The van der Waals surface area contributed by atoms with Gasteiger partial charge in [0.2, 0.25) is 5.91 Å². The first kappa shape index (κ1) is 22.8. The van der Waals surface area contributed by atoms with Crippen LogP contribution in [-0.4, -0.2) is 65.2 Å². The van der Waals surface area contributed by atoms with Gasteiger partial charge in [-0.15, -0.1) is 0 Å². The monoisotopic (exact) mass is 405 g/mol. The Labute approximate surface area is 171 Å². The van der Waals surface area contributed by atoms with E-state index in [4.69, 9.17) is 0 Å². The molecule has 0 aliphatic heterocycles. The lowest BCUT2D eigenvalue weighted by atomic mass is 10.1. The summed E-state index contributed by atoms with van der Waals surface area (Å²) in [7, 11) is 1.50. The maximum Gasteiger partial charge on any atom is 0.254 e. The highest BCUT2D eigenvalue weighted by Gasteiger charge is 2.32. The minimum Gasteiger partial charge on any atom is -0.380 e. The van der Waals surface area contributed by atoms with Gasteiger partial charge in [0.1, 0.15) is 0 Å². The number of amides is 3. The van der Waals surface area contributed by atoms with Crippen molar-refractivity contribution in [2.45, 2.75) is 50.9 Å². The largest absolute Gasteiger partial charge is 0.380 e. The summed E-state index contributed by atoms with van der Waals surface area (Å²) >= 11 is 0. The van der Waals surface area contributed by atoms with Crippen molar-refractivity contribution in [1.29, 1.82) is 0 Å².